The van der Waals surface area contributed by atoms with E-state index in [-0.39, 0.29) is 11.8 Å². The van der Waals surface area contributed by atoms with E-state index in [1.807, 2.05) is 44.2 Å². The van der Waals surface area contributed by atoms with Crippen molar-refractivity contribution in [2.24, 2.45) is 0 Å². The Morgan fingerprint density at radius 2 is 1.86 bits per heavy atom. The Bertz CT molecular complexity index is 999. The van der Waals surface area contributed by atoms with Crippen LogP contribution in [0.3, 0.4) is 0 Å². The largest absolute Gasteiger partial charge is 0.439 e. The van der Waals surface area contributed by atoms with Gasteiger partial charge in [-0.2, -0.15) is 0 Å². The number of non-ortho nitro benzene ring substituents is 1. The number of ether oxygens (including phenoxy) is 1. The highest BCUT2D eigenvalue weighted by atomic mass is 16.6. The summed E-state index contributed by atoms with van der Waals surface area (Å²) in [6.45, 7) is 8.80. The molecule has 0 saturated carbocycles. The van der Waals surface area contributed by atoms with E-state index < -0.39 is 11.0 Å². The van der Waals surface area contributed by atoms with E-state index in [1.165, 1.54) is 12.1 Å². The Kier molecular flexibility index (Phi) is 5.96. The van der Waals surface area contributed by atoms with Gasteiger partial charge in [-0.25, -0.2) is 4.79 Å². The van der Waals surface area contributed by atoms with E-state index in [0.717, 1.165) is 16.7 Å². The molecule has 0 aliphatic carbocycles. The third-order valence-corrected chi connectivity index (χ3v) is 4.56. The predicted molar refractivity (Wildman–Crippen MR) is 111 cm³/mol. The number of carbonyl (C=O) groups is 1. The molecule has 2 aromatic carbocycles. The first-order chi connectivity index (χ1) is 13.8. The second-order valence-electron chi connectivity index (χ2n) is 7.07. The summed E-state index contributed by atoms with van der Waals surface area (Å²) in [6, 6.07) is 15.9. The van der Waals surface area contributed by atoms with E-state index in [2.05, 4.69) is 12.3 Å². The molecule has 0 radical (unpaired) electrons. The molecule has 1 amide bonds. The second-order valence-corrected chi connectivity index (χ2v) is 7.07. The van der Waals surface area contributed by atoms with E-state index in [4.69, 9.17) is 4.74 Å². The predicted octanol–water partition coefficient (Wildman–Crippen LogP) is 5.12. The fraction of sp³-hybridized carbons (Fsp3) is 0.217. The van der Waals surface area contributed by atoms with Crippen LogP contribution < -0.4 is 0 Å². The molecule has 1 unspecified atom stereocenters. The minimum Gasteiger partial charge on any atom is -0.439 e. The lowest BCUT2D eigenvalue weighted by Crippen LogP contribution is -2.25. The Balaban J connectivity index is 1.83. The Labute approximate surface area is 169 Å². The molecular formula is C23H22N2O4. The number of amides is 1. The average Bonchev–Trinajstić information content (AvgIpc) is 3.06. The summed E-state index contributed by atoms with van der Waals surface area (Å²) in [5, 5.41) is 10.9. The van der Waals surface area contributed by atoms with Gasteiger partial charge in [0, 0.05) is 29.8 Å². The van der Waals surface area contributed by atoms with Gasteiger partial charge in [0.2, 0.25) is 0 Å². The summed E-state index contributed by atoms with van der Waals surface area (Å²) < 4.78 is 5.56. The van der Waals surface area contributed by atoms with E-state index >= 15 is 0 Å². The lowest BCUT2D eigenvalue weighted by atomic mass is 9.95. The third kappa shape index (κ3) is 4.81. The van der Waals surface area contributed by atoms with Crippen molar-refractivity contribution in [3.8, 4) is 0 Å². The smallest absolute Gasteiger partial charge is 0.410 e. The van der Waals surface area contributed by atoms with Crippen LogP contribution in [-0.2, 0) is 11.3 Å². The maximum atomic E-state index is 12.3. The fourth-order valence-electron chi connectivity index (χ4n) is 3.12. The van der Waals surface area contributed by atoms with Crippen LogP contribution in [0.2, 0.25) is 0 Å². The molecule has 1 saturated heterocycles. The van der Waals surface area contributed by atoms with Crippen LogP contribution in [0.15, 0.2) is 78.1 Å². The zero-order chi connectivity index (χ0) is 21.0. The van der Waals surface area contributed by atoms with Crippen molar-refractivity contribution in [2.75, 3.05) is 6.54 Å². The van der Waals surface area contributed by atoms with Crippen LogP contribution in [0, 0.1) is 10.1 Å². The number of nitro groups is 1. The topological polar surface area (TPSA) is 72.7 Å². The number of hydrogen-bond donors (Lipinski definition) is 0. The van der Waals surface area contributed by atoms with Crippen molar-refractivity contribution >= 4 is 17.4 Å². The van der Waals surface area contributed by atoms with Crippen molar-refractivity contribution < 1.29 is 14.5 Å². The van der Waals surface area contributed by atoms with Gasteiger partial charge in [-0.1, -0.05) is 36.9 Å². The van der Waals surface area contributed by atoms with E-state index in [1.54, 1.807) is 17.0 Å². The van der Waals surface area contributed by atoms with Gasteiger partial charge >= 0.3 is 6.09 Å². The molecular weight excluding hydrogens is 368 g/mol. The summed E-state index contributed by atoms with van der Waals surface area (Å²) >= 11 is 0. The first-order valence-electron chi connectivity index (χ1n) is 9.22. The van der Waals surface area contributed by atoms with Gasteiger partial charge in [0.1, 0.15) is 6.10 Å². The lowest BCUT2D eigenvalue weighted by molar-refractivity contribution is -0.384. The number of benzene rings is 2. The maximum absolute atomic E-state index is 12.3. The number of nitrogens with zero attached hydrogens (tertiary/aromatic N) is 2. The van der Waals surface area contributed by atoms with Gasteiger partial charge in [0.15, 0.2) is 0 Å². The number of hydrogen-bond acceptors (Lipinski definition) is 4. The minimum absolute atomic E-state index is 0.0113. The van der Waals surface area contributed by atoms with Crippen LogP contribution in [0.25, 0.3) is 5.57 Å². The highest BCUT2D eigenvalue weighted by Crippen LogP contribution is 2.30. The Morgan fingerprint density at radius 3 is 2.45 bits per heavy atom. The molecule has 148 valence electrons. The van der Waals surface area contributed by atoms with Gasteiger partial charge in [0.25, 0.3) is 5.69 Å². The molecule has 29 heavy (non-hydrogen) atoms. The van der Waals surface area contributed by atoms with Gasteiger partial charge in [0.05, 0.1) is 11.5 Å². The average molecular weight is 390 g/mol. The second kappa shape index (κ2) is 8.59. The lowest BCUT2D eigenvalue weighted by Gasteiger charge is -2.15. The van der Waals surface area contributed by atoms with Crippen molar-refractivity contribution in [2.45, 2.75) is 26.5 Å². The standard InChI is InChI=1S/C23H22N2O4/c1-16(2)13-21(19-9-11-20(12-10-19)25(27)28)17(3)22-15-24(23(26)29-22)14-18-7-5-4-6-8-18/h4-12,22H,3,14-15H2,1-2H3. The summed E-state index contributed by atoms with van der Waals surface area (Å²) in [6.07, 6.45) is -0.900. The van der Waals surface area contributed by atoms with Crippen LogP contribution >= 0.6 is 0 Å². The monoisotopic (exact) mass is 390 g/mol. The molecule has 1 aliphatic rings. The van der Waals surface area contributed by atoms with Gasteiger partial charge in [-0.3, -0.25) is 15.0 Å². The summed E-state index contributed by atoms with van der Waals surface area (Å²) in [4.78, 5) is 24.5. The first-order valence-corrected chi connectivity index (χ1v) is 9.22. The molecule has 0 N–H and O–H groups in total. The molecule has 2 aromatic rings. The van der Waals surface area contributed by atoms with E-state index in [9.17, 15) is 14.9 Å². The number of carbonyl (C=O) groups excluding carboxylic acids is 1. The molecule has 3 rings (SSSR count). The Hall–Kier alpha value is -3.63. The fourth-order valence-corrected chi connectivity index (χ4v) is 3.12. The van der Waals surface area contributed by atoms with Gasteiger partial charge < -0.3 is 4.74 Å². The maximum Gasteiger partial charge on any atom is 0.410 e. The third-order valence-electron chi connectivity index (χ3n) is 4.56. The van der Waals surface area contributed by atoms with Crippen LogP contribution in [0.5, 0.6) is 0 Å². The molecule has 1 fully saturated rings. The molecule has 0 bridgehead atoms. The van der Waals surface area contributed by atoms with Crippen LogP contribution in [-0.4, -0.2) is 28.6 Å². The van der Waals surface area contributed by atoms with Crippen molar-refractivity contribution in [1.29, 1.82) is 0 Å². The summed E-state index contributed by atoms with van der Waals surface area (Å²) in [5.41, 5.74) is 7.24. The molecule has 1 heterocycles. The van der Waals surface area contributed by atoms with Gasteiger partial charge in [-0.15, -0.1) is 5.73 Å². The van der Waals surface area contributed by atoms with E-state index in [0.29, 0.717) is 24.2 Å². The molecule has 0 spiro atoms. The van der Waals surface area contributed by atoms with Crippen LogP contribution in [0.4, 0.5) is 10.5 Å². The number of cyclic esters (lactones) is 1. The Morgan fingerprint density at radius 1 is 1.21 bits per heavy atom. The van der Waals surface area contributed by atoms with Crippen molar-refractivity contribution in [1.82, 2.24) is 4.90 Å². The van der Waals surface area contributed by atoms with Crippen LogP contribution in [0.1, 0.15) is 25.0 Å². The highest BCUT2D eigenvalue weighted by molar-refractivity contribution is 5.81. The van der Waals surface area contributed by atoms with Gasteiger partial charge in [-0.05, 0) is 42.7 Å². The summed E-state index contributed by atoms with van der Waals surface area (Å²) in [7, 11) is 0. The zero-order valence-electron chi connectivity index (χ0n) is 16.4. The molecule has 6 nitrogen and oxygen atoms in total. The quantitative estimate of drug-likeness (QED) is 0.297. The highest BCUT2D eigenvalue weighted by Gasteiger charge is 2.34. The zero-order valence-corrected chi connectivity index (χ0v) is 16.4. The normalized spacial score (nSPS) is 15.4. The molecule has 1 atom stereocenters. The minimum atomic E-state index is -0.511. The first kappa shape index (κ1) is 20.1. The van der Waals surface area contributed by atoms with Crippen molar-refractivity contribution in [3.63, 3.8) is 0 Å². The molecule has 6 heteroatoms. The summed E-state index contributed by atoms with van der Waals surface area (Å²) in [5.74, 6) is 0. The SMILES string of the molecule is C=C(C(=C=C(C)C)c1ccc([N+](=O)[O-])cc1)C1CN(Cc2ccccc2)C(=O)O1. The molecule has 1 aliphatic heterocycles. The molecule has 0 aromatic heterocycles. The number of rotatable bonds is 6. The van der Waals surface area contributed by atoms with Crippen molar-refractivity contribution in [3.05, 3.63) is 99.3 Å². The number of nitro benzene ring substituents is 1.